The Morgan fingerprint density at radius 1 is 1.00 bits per heavy atom. The summed E-state index contributed by atoms with van der Waals surface area (Å²) in [5.74, 6) is 0. The number of benzene rings is 1. The Morgan fingerprint density at radius 3 is 1.82 bits per heavy atom. The smallest absolute Gasteiger partial charge is 0.132 e. The summed E-state index contributed by atoms with van der Waals surface area (Å²) in [6.45, 7) is 0. The third kappa shape index (κ3) is 2.45. The molecule has 0 saturated heterocycles. The second kappa shape index (κ2) is 3.11. The van der Waals surface area contributed by atoms with E-state index in [0.717, 1.165) is 4.48 Å². The molecule has 1 rings (SSSR count). The molecule has 1 aromatic carbocycles. The van der Waals surface area contributed by atoms with Crippen LogP contribution in [0.3, 0.4) is 0 Å². The van der Waals surface area contributed by atoms with Gasteiger partial charge in [-0.25, -0.2) is 0 Å². The molecule has 0 aliphatic carbocycles. The minimum Gasteiger partial charge on any atom is -0.298 e. The molecule has 0 saturated carbocycles. The summed E-state index contributed by atoms with van der Waals surface area (Å²) in [6, 6.07) is 8.61. The van der Waals surface area contributed by atoms with Crippen LogP contribution in [-0.4, -0.2) is 21.1 Å². The molecule has 0 heterocycles. The molecule has 11 heavy (non-hydrogen) atoms. The van der Waals surface area contributed by atoms with Crippen molar-refractivity contribution in [3.63, 3.8) is 0 Å². The number of nitrogens with zero attached hydrogens (tertiary/aromatic N) is 1. The van der Waals surface area contributed by atoms with Crippen LogP contribution in [0.25, 0.3) is 0 Å². The van der Waals surface area contributed by atoms with E-state index < -0.39 is 0 Å². The maximum atomic E-state index is 2.32. The van der Waals surface area contributed by atoms with Crippen LogP contribution < -0.4 is 4.48 Å². The highest BCUT2D eigenvalue weighted by Gasteiger charge is 2.09. The van der Waals surface area contributed by atoms with Crippen LogP contribution in [0.2, 0.25) is 0 Å². The quantitative estimate of drug-likeness (QED) is 0.539. The zero-order valence-electron chi connectivity index (χ0n) is 7.13. The predicted molar refractivity (Wildman–Crippen MR) is 58.7 cm³/mol. The molecule has 0 radical (unpaired) electrons. The molecular formula is C9H13IN+. The Bertz CT molecular complexity index is 233. The van der Waals surface area contributed by atoms with Gasteiger partial charge in [-0.15, -0.1) is 0 Å². The monoisotopic (exact) mass is 262 g/mol. The first-order chi connectivity index (χ1) is 5.00. The minimum absolute atomic E-state index is 0.886. The molecule has 0 N–H and O–H groups in total. The maximum Gasteiger partial charge on any atom is 0.132 e. The standard InChI is InChI=1S/C9H13IN/c1-11(2,3)9-6-4-8(10)5-7-9/h4-7H,1-3H3/q+1. The average molecular weight is 262 g/mol. The van der Waals surface area contributed by atoms with Gasteiger partial charge in [-0.1, -0.05) is 0 Å². The molecular weight excluding hydrogens is 249 g/mol. The Morgan fingerprint density at radius 2 is 1.45 bits per heavy atom. The van der Waals surface area contributed by atoms with Crippen molar-refractivity contribution in [2.75, 3.05) is 21.1 Å². The molecule has 0 unspecified atom stereocenters. The molecule has 0 fully saturated rings. The third-order valence-electron chi connectivity index (χ3n) is 1.60. The van der Waals surface area contributed by atoms with E-state index in [1.807, 2.05) is 0 Å². The molecule has 60 valence electrons. The summed E-state index contributed by atoms with van der Waals surface area (Å²) in [5, 5.41) is 0. The van der Waals surface area contributed by atoms with E-state index >= 15 is 0 Å². The van der Waals surface area contributed by atoms with Gasteiger partial charge in [0, 0.05) is 15.7 Å². The van der Waals surface area contributed by atoms with E-state index in [0.29, 0.717) is 0 Å². The average Bonchev–Trinajstić information content (AvgIpc) is 1.86. The van der Waals surface area contributed by atoms with Crippen molar-refractivity contribution < 1.29 is 0 Å². The lowest BCUT2D eigenvalue weighted by molar-refractivity contribution is 0.486. The van der Waals surface area contributed by atoms with Gasteiger partial charge in [0.1, 0.15) is 5.69 Å². The van der Waals surface area contributed by atoms with Gasteiger partial charge in [0.2, 0.25) is 0 Å². The fourth-order valence-electron chi connectivity index (χ4n) is 0.888. The second-order valence-corrected chi connectivity index (χ2v) is 4.73. The molecule has 1 nitrogen and oxygen atoms in total. The number of quaternary nitrogens is 1. The highest BCUT2D eigenvalue weighted by atomic mass is 127. The van der Waals surface area contributed by atoms with E-state index in [2.05, 4.69) is 68.0 Å². The highest BCUT2D eigenvalue weighted by molar-refractivity contribution is 14.1. The van der Waals surface area contributed by atoms with Crippen LogP contribution >= 0.6 is 22.6 Å². The van der Waals surface area contributed by atoms with Gasteiger partial charge < -0.3 is 0 Å². The predicted octanol–water partition coefficient (Wildman–Crippen LogP) is 2.49. The largest absolute Gasteiger partial charge is 0.298 e. The van der Waals surface area contributed by atoms with E-state index in [9.17, 15) is 0 Å². The Labute approximate surface area is 81.8 Å². The molecule has 0 amide bonds. The summed E-state index contributed by atoms with van der Waals surface area (Å²) in [4.78, 5) is 0. The molecule has 0 atom stereocenters. The topological polar surface area (TPSA) is 0 Å². The molecule has 0 aromatic heterocycles. The highest BCUT2D eigenvalue weighted by Crippen LogP contribution is 2.17. The van der Waals surface area contributed by atoms with Crippen LogP contribution in [0.15, 0.2) is 24.3 Å². The van der Waals surface area contributed by atoms with Crippen molar-refractivity contribution in [3.05, 3.63) is 27.8 Å². The van der Waals surface area contributed by atoms with Crippen LogP contribution in [-0.2, 0) is 0 Å². The lowest BCUT2D eigenvalue weighted by Crippen LogP contribution is -2.34. The summed E-state index contributed by atoms with van der Waals surface area (Å²) in [7, 11) is 6.51. The third-order valence-corrected chi connectivity index (χ3v) is 2.32. The van der Waals surface area contributed by atoms with Gasteiger partial charge in [0.05, 0.1) is 21.1 Å². The summed E-state index contributed by atoms with van der Waals surface area (Å²) >= 11 is 2.32. The Hall–Kier alpha value is -0.0900. The van der Waals surface area contributed by atoms with Crippen LogP contribution in [0.1, 0.15) is 0 Å². The Kier molecular flexibility index (Phi) is 2.54. The second-order valence-electron chi connectivity index (χ2n) is 3.49. The summed E-state index contributed by atoms with van der Waals surface area (Å²) in [5.41, 5.74) is 1.34. The number of hydrogen-bond acceptors (Lipinski definition) is 0. The molecule has 0 spiro atoms. The van der Waals surface area contributed by atoms with E-state index in [1.165, 1.54) is 9.26 Å². The van der Waals surface area contributed by atoms with Crippen LogP contribution in [0.4, 0.5) is 5.69 Å². The summed E-state index contributed by atoms with van der Waals surface area (Å²) in [6.07, 6.45) is 0. The lowest BCUT2D eigenvalue weighted by atomic mass is 10.3. The normalized spacial score (nSPS) is 11.6. The van der Waals surface area contributed by atoms with Crippen molar-refractivity contribution in [2.24, 2.45) is 0 Å². The number of rotatable bonds is 1. The molecule has 0 bridgehead atoms. The van der Waals surface area contributed by atoms with Crippen LogP contribution in [0.5, 0.6) is 0 Å². The minimum atomic E-state index is 0.886. The van der Waals surface area contributed by atoms with Gasteiger partial charge in [0.25, 0.3) is 0 Å². The lowest BCUT2D eigenvalue weighted by Gasteiger charge is -2.23. The fraction of sp³-hybridized carbons (Fsp3) is 0.333. The van der Waals surface area contributed by atoms with Crippen molar-refractivity contribution in [2.45, 2.75) is 0 Å². The summed E-state index contributed by atoms with van der Waals surface area (Å²) < 4.78 is 2.18. The maximum absolute atomic E-state index is 2.32. The van der Waals surface area contributed by atoms with Gasteiger partial charge in [0.15, 0.2) is 0 Å². The van der Waals surface area contributed by atoms with Crippen molar-refractivity contribution in [3.8, 4) is 0 Å². The number of hydrogen-bond donors (Lipinski definition) is 0. The molecule has 0 aliphatic rings. The van der Waals surface area contributed by atoms with Crippen molar-refractivity contribution in [1.29, 1.82) is 0 Å². The fourth-order valence-corrected chi connectivity index (χ4v) is 1.25. The SMILES string of the molecule is C[N+](C)(C)c1ccc(I)cc1. The van der Waals surface area contributed by atoms with Crippen LogP contribution in [0, 0.1) is 3.57 Å². The van der Waals surface area contributed by atoms with E-state index in [1.54, 1.807) is 0 Å². The first-order valence-corrected chi connectivity index (χ1v) is 4.65. The van der Waals surface area contributed by atoms with Crippen molar-refractivity contribution >= 4 is 28.3 Å². The van der Waals surface area contributed by atoms with Gasteiger partial charge in [-0.05, 0) is 34.7 Å². The zero-order valence-corrected chi connectivity index (χ0v) is 9.29. The van der Waals surface area contributed by atoms with E-state index in [-0.39, 0.29) is 0 Å². The molecule has 1 aromatic rings. The zero-order chi connectivity index (χ0) is 8.48. The molecule has 2 heteroatoms. The van der Waals surface area contributed by atoms with Crippen molar-refractivity contribution in [1.82, 2.24) is 4.48 Å². The van der Waals surface area contributed by atoms with E-state index in [4.69, 9.17) is 0 Å². The first kappa shape index (κ1) is 9.00. The van der Waals surface area contributed by atoms with Gasteiger partial charge >= 0.3 is 0 Å². The molecule has 0 aliphatic heterocycles. The number of halogens is 1. The van der Waals surface area contributed by atoms with Gasteiger partial charge in [-0.3, -0.25) is 4.48 Å². The first-order valence-electron chi connectivity index (χ1n) is 3.58. The Balaban J connectivity index is 2.99. The van der Waals surface area contributed by atoms with Gasteiger partial charge in [-0.2, -0.15) is 0 Å².